The second kappa shape index (κ2) is 9.11. The van der Waals surface area contributed by atoms with Crippen molar-refractivity contribution in [3.63, 3.8) is 0 Å². The number of hydrogen-bond donors (Lipinski definition) is 2. The molecule has 1 saturated carbocycles. The van der Waals surface area contributed by atoms with E-state index < -0.39 is 10.8 Å². The normalized spacial score (nSPS) is 14.6. The molecule has 0 atom stereocenters. The highest BCUT2D eigenvalue weighted by molar-refractivity contribution is 8.00. The molecule has 1 fully saturated rings. The minimum atomic E-state index is -0.748. The summed E-state index contributed by atoms with van der Waals surface area (Å²) >= 11 is 2.39. The van der Waals surface area contributed by atoms with Crippen molar-refractivity contribution in [1.82, 2.24) is 10.2 Å². The van der Waals surface area contributed by atoms with Gasteiger partial charge in [-0.05, 0) is 25.0 Å². The van der Waals surface area contributed by atoms with Crippen LogP contribution in [0.3, 0.4) is 0 Å². The third-order valence-electron chi connectivity index (χ3n) is 4.44. The largest absolute Gasteiger partial charge is 0.366 e. The maximum atomic E-state index is 12.2. The van der Waals surface area contributed by atoms with E-state index in [9.17, 15) is 19.7 Å². The van der Waals surface area contributed by atoms with Gasteiger partial charge in [0.25, 0.3) is 5.69 Å². The van der Waals surface area contributed by atoms with Crippen LogP contribution in [0, 0.1) is 10.1 Å². The minimum absolute atomic E-state index is 0.0326. The molecule has 1 heterocycles. The van der Waals surface area contributed by atoms with Gasteiger partial charge in [-0.3, -0.25) is 25.0 Å². The number of primary amides is 1. The van der Waals surface area contributed by atoms with E-state index in [2.05, 4.69) is 15.5 Å². The van der Waals surface area contributed by atoms with Gasteiger partial charge in [-0.1, -0.05) is 30.6 Å². The van der Waals surface area contributed by atoms with Gasteiger partial charge < -0.3 is 5.73 Å². The van der Waals surface area contributed by atoms with Crippen molar-refractivity contribution in [2.45, 2.75) is 42.9 Å². The van der Waals surface area contributed by atoms with Gasteiger partial charge in [-0.25, -0.2) is 0 Å². The van der Waals surface area contributed by atoms with Crippen LogP contribution in [0.2, 0.25) is 0 Å². The number of rotatable bonds is 7. The topological polar surface area (TPSA) is 141 Å². The summed E-state index contributed by atoms with van der Waals surface area (Å²) in [7, 11) is 0. The fourth-order valence-electron chi connectivity index (χ4n) is 3.03. The van der Waals surface area contributed by atoms with E-state index in [-0.39, 0.29) is 27.8 Å². The molecule has 0 bridgehead atoms. The van der Waals surface area contributed by atoms with E-state index in [1.165, 1.54) is 42.7 Å². The second-order valence-corrected chi connectivity index (χ2v) is 8.45. The number of thioether (sulfide) groups is 1. The standard InChI is InChI=1S/C17H19N5O4S2/c18-15(24)11-6-7-13(12(8-11)22(25)26)27-9-14(23)19-17-21-20-16(28-17)10-4-2-1-3-5-10/h6-8,10H,1-5,9H2,(H2,18,24)(H,19,21,23). The van der Waals surface area contributed by atoms with Gasteiger partial charge in [0.05, 0.1) is 15.6 Å². The number of aromatic nitrogens is 2. The quantitative estimate of drug-likeness (QED) is 0.397. The molecule has 2 amide bonds. The molecule has 0 aliphatic heterocycles. The van der Waals surface area contributed by atoms with Crippen LogP contribution in [0.15, 0.2) is 23.1 Å². The van der Waals surface area contributed by atoms with Gasteiger partial charge in [-0.2, -0.15) is 0 Å². The van der Waals surface area contributed by atoms with Crippen molar-refractivity contribution in [2.24, 2.45) is 5.73 Å². The molecule has 1 aromatic carbocycles. The number of anilines is 1. The lowest BCUT2D eigenvalue weighted by Gasteiger charge is -2.18. The molecule has 9 nitrogen and oxygen atoms in total. The van der Waals surface area contributed by atoms with Gasteiger partial charge in [0, 0.05) is 17.5 Å². The lowest BCUT2D eigenvalue weighted by molar-refractivity contribution is -0.387. The summed E-state index contributed by atoms with van der Waals surface area (Å²) in [4.78, 5) is 34.3. The zero-order valence-corrected chi connectivity index (χ0v) is 16.6. The molecule has 0 unspecified atom stereocenters. The fourth-order valence-corrected chi connectivity index (χ4v) is 4.77. The van der Waals surface area contributed by atoms with Crippen LogP contribution in [0.25, 0.3) is 0 Å². The number of nitrogens with zero attached hydrogens (tertiary/aromatic N) is 3. The summed E-state index contributed by atoms with van der Waals surface area (Å²) in [6.45, 7) is 0. The highest BCUT2D eigenvalue weighted by atomic mass is 32.2. The Hall–Kier alpha value is -2.53. The molecule has 11 heteroatoms. The zero-order valence-electron chi connectivity index (χ0n) is 14.9. The molecular formula is C17H19N5O4S2. The molecule has 0 spiro atoms. The first-order chi connectivity index (χ1) is 13.4. The zero-order chi connectivity index (χ0) is 20.1. The summed E-state index contributed by atoms with van der Waals surface area (Å²) in [5.41, 5.74) is 4.94. The summed E-state index contributed by atoms with van der Waals surface area (Å²) in [5, 5.41) is 23.5. The van der Waals surface area contributed by atoms with Crippen LogP contribution in [0.1, 0.15) is 53.4 Å². The number of carbonyl (C=O) groups excluding carboxylic acids is 2. The molecule has 148 valence electrons. The van der Waals surface area contributed by atoms with Crippen molar-refractivity contribution in [2.75, 3.05) is 11.1 Å². The number of nitrogens with one attached hydrogen (secondary N) is 1. The Morgan fingerprint density at radius 1 is 1.29 bits per heavy atom. The van der Waals surface area contributed by atoms with Crippen molar-refractivity contribution in [1.29, 1.82) is 0 Å². The van der Waals surface area contributed by atoms with Gasteiger partial charge >= 0.3 is 0 Å². The van der Waals surface area contributed by atoms with Crippen LogP contribution >= 0.6 is 23.1 Å². The number of amides is 2. The van der Waals surface area contributed by atoms with E-state index in [1.807, 2.05) is 0 Å². The summed E-state index contributed by atoms with van der Waals surface area (Å²) in [6, 6.07) is 3.93. The molecule has 1 aliphatic rings. The molecule has 1 aliphatic carbocycles. The number of nitrogens with two attached hydrogens (primary N) is 1. The van der Waals surface area contributed by atoms with Gasteiger partial charge in [0.2, 0.25) is 16.9 Å². The summed E-state index contributed by atoms with van der Waals surface area (Å²) < 4.78 is 0. The minimum Gasteiger partial charge on any atom is -0.366 e. The molecule has 3 N–H and O–H groups in total. The number of carbonyl (C=O) groups is 2. The van der Waals surface area contributed by atoms with E-state index in [1.54, 1.807) is 0 Å². The Kier molecular flexibility index (Phi) is 6.57. The van der Waals surface area contributed by atoms with Crippen molar-refractivity contribution >= 4 is 45.7 Å². The van der Waals surface area contributed by atoms with E-state index >= 15 is 0 Å². The smallest absolute Gasteiger partial charge is 0.283 e. The maximum absolute atomic E-state index is 12.2. The Balaban J connectivity index is 1.59. The van der Waals surface area contributed by atoms with Crippen molar-refractivity contribution < 1.29 is 14.5 Å². The summed E-state index contributed by atoms with van der Waals surface area (Å²) in [5.74, 6) is -0.695. The van der Waals surface area contributed by atoms with E-state index in [0.717, 1.165) is 35.7 Å². The van der Waals surface area contributed by atoms with E-state index in [4.69, 9.17) is 5.73 Å². The predicted octanol–water partition coefficient (Wildman–Crippen LogP) is 3.32. The van der Waals surface area contributed by atoms with Gasteiger partial charge in [-0.15, -0.1) is 22.0 Å². The molecular weight excluding hydrogens is 402 g/mol. The Morgan fingerprint density at radius 3 is 2.71 bits per heavy atom. The third kappa shape index (κ3) is 5.04. The number of nitro groups is 1. The Bertz CT molecular complexity index is 895. The fraction of sp³-hybridized carbons (Fsp3) is 0.412. The van der Waals surface area contributed by atoms with Gasteiger partial charge in [0.1, 0.15) is 5.01 Å². The SMILES string of the molecule is NC(=O)c1ccc(SCC(=O)Nc2nnc(C3CCCCC3)s2)c([N+](=O)[O-])c1. The Labute approximate surface area is 169 Å². The third-order valence-corrected chi connectivity index (χ3v) is 6.50. The second-order valence-electron chi connectivity index (χ2n) is 6.42. The lowest BCUT2D eigenvalue weighted by atomic mass is 9.90. The van der Waals surface area contributed by atoms with Crippen LogP contribution < -0.4 is 11.1 Å². The number of benzene rings is 1. The van der Waals surface area contributed by atoms with Gasteiger partial charge in [0.15, 0.2) is 0 Å². The van der Waals surface area contributed by atoms with Crippen molar-refractivity contribution in [3.8, 4) is 0 Å². The first-order valence-electron chi connectivity index (χ1n) is 8.78. The molecule has 3 rings (SSSR count). The maximum Gasteiger partial charge on any atom is 0.283 e. The van der Waals surface area contributed by atoms with Crippen LogP contribution in [0.4, 0.5) is 10.8 Å². The monoisotopic (exact) mass is 421 g/mol. The summed E-state index contributed by atoms with van der Waals surface area (Å²) in [6.07, 6.45) is 5.83. The first kappa shape index (κ1) is 20.2. The Morgan fingerprint density at radius 2 is 2.04 bits per heavy atom. The molecule has 0 radical (unpaired) electrons. The molecule has 28 heavy (non-hydrogen) atoms. The molecule has 2 aromatic rings. The van der Waals surface area contributed by atoms with Crippen LogP contribution in [-0.4, -0.2) is 32.7 Å². The number of nitro benzene ring substituents is 1. The average Bonchev–Trinajstić information content (AvgIpc) is 3.15. The van der Waals surface area contributed by atoms with E-state index in [0.29, 0.717) is 11.0 Å². The average molecular weight is 422 g/mol. The van der Waals surface area contributed by atoms with Crippen molar-refractivity contribution in [3.05, 3.63) is 38.9 Å². The van der Waals surface area contributed by atoms with Crippen LogP contribution in [0.5, 0.6) is 0 Å². The highest BCUT2D eigenvalue weighted by Gasteiger charge is 2.21. The van der Waals surface area contributed by atoms with Crippen LogP contribution in [-0.2, 0) is 4.79 Å². The number of hydrogen-bond acceptors (Lipinski definition) is 8. The predicted molar refractivity (Wildman–Crippen MR) is 107 cm³/mol. The molecule has 1 aromatic heterocycles. The lowest BCUT2D eigenvalue weighted by Crippen LogP contribution is -2.14. The highest BCUT2D eigenvalue weighted by Crippen LogP contribution is 2.35. The first-order valence-corrected chi connectivity index (χ1v) is 10.6. The molecule has 0 saturated heterocycles.